The Morgan fingerprint density at radius 2 is 2.00 bits per heavy atom. The molecule has 2 saturated carbocycles. The lowest BCUT2D eigenvalue weighted by Gasteiger charge is -2.36. The molecule has 2 fully saturated rings. The number of Topliss-reactive ketones (excluding diaryl/α,β-unsaturated/α-hetero) is 1. The van der Waals surface area contributed by atoms with E-state index in [0.717, 1.165) is 24.0 Å². The maximum Gasteiger partial charge on any atom is 0.213 e. The molecule has 0 unspecified atom stereocenters. The highest BCUT2D eigenvalue weighted by molar-refractivity contribution is 7.89. The molecular weight excluding hydrogens is 334 g/mol. The molecule has 2 bridgehead atoms. The molecule has 0 aromatic carbocycles. The molecule has 0 aliphatic heterocycles. The summed E-state index contributed by atoms with van der Waals surface area (Å²) in [5.74, 6) is 0.0704. The third-order valence-corrected chi connectivity index (χ3v) is 7.87. The SMILES string of the molecule is CC(C)(C)NS(=O)(=O)C[C@]12CC[C@@H](/C(=C\C3=CC=CC3)C1=O)C2(C)C. The standard InChI is InChI=1S/C20H29NO3S/c1-18(2,3)21-25(23,24)13-20-11-10-16(19(20,4)5)15(17(20)22)12-14-8-6-7-9-14/h6-8,12,16,21H,9-11,13H2,1-5H3/b15-12+/t16-,20+/m0/s1. The van der Waals surface area contributed by atoms with E-state index in [1.54, 1.807) is 0 Å². The van der Waals surface area contributed by atoms with Crippen molar-refractivity contribution in [3.63, 3.8) is 0 Å². The largest absolute Gasteiger partial charge is 0.294 e. The predicted octanol–water partition coefficient (Wildman–Crippen LogP) is 3.52. The number of nitrogens with one attached hydrogen (secondary N) is 1. The van der Waals surface area contributed by atoms with Gasteiger partial charge in [-0.1, -0.05) is 38.2 Å². The van der Waals surface area contributed by atoms with Crippen molar-refractivity contribution in [1.82, 2.24) is 4.72 Å². The van der Waals surface area contributed by atoms with Crippen LogP contribution in [0.4, 0.5) is 0 Å². The normalized spacial score (nSPS) is 32.7. The van der Waals surface area contributed by atoms with E-state index in [4.69, 9.17) is 0 Å². The maximum absolute atomic E-state index is 13.3. The fourth-order valence-corrected chi connectivity index (χ4v) is 7.18. The molecule has 3 rings (SSSR count). The smallest absolute Gasteiger partial charge is 0.213 e. The Balaban J connectivity index is 1.96. The van der Waals surface area contributed by atoms with E-state index in [1.165, 1.54) is 0 Å². The van der Waals surface area contributed by atoms with E-state index in [2.05, 4.69) is 24.6 Å². The first-order chi connectivity index (χ1) is 11.4. The van der Waals surface area contributed by atoms with Crippen LogP contribution in [0, 0.1) is 16.7 Å². The Morgan fingerprint density at radius 3 is 2.56 bits per heavy atom. The summed E-state index contributed by atoms with van der Waals surface area (Å²) in [6.07, 6.45) is 10.5. The van der Waals surface area contributed by atoms with Crippen LogP contribution in [0.2, 0.25) is 0 Å². The summed E-state index contributed by atoms with van der Waals surface area (Å²) in [6, 6.07) is 0. The molecule has 0 aromatic rings. The van der Waals surface area contributed by atoms with E-state index >= 15 is 0 Å². The second kappa shape index (κ2) is 5.65. The van der Waals surface area contributed by atoms with Crippen molar-refractivity contribution in [2.45, 2.75) is 59.4 Å². The Morgan fingerprint density at radius 1 is 1.32 bits per heavy atom. The van der Waals surface area contributed by atoms with Gasteiger partial charge in [-0.2, -0.15) is 0 Å². The van der Waals surface area contributed by atoms with Crippen molar-refractivity contribution >= 4 is 15.8 Å². The highest BCUT2D eigenvalue weighted by Gasteiger charge is 2.67. The maximum atomic E-state index is 13.3. The van der Waals surface area contributed by atoms with Crippen LogP contribution in [0.5, 0.6) is 0 Å². The Bertz CT molecular complexity index is 793. The van der Waals surface area contributed by atoms with E-state index in [1.807, 2.05) is 39.0 Å². The zero-order chi connectivity index (χ0) is 18.7. The molecule has 0 amide bonds. The van der Waals surface area contributed by atoms with Gasteiger partial charge < -0.3 is 0 Å². The lowest BCUT2D eigenvalue weighted by atomic mass is 9.70. The Kier molecular flexibility index (Phi) is 4.20. The second-order valence-electron chi connectivity index (χ2n) is 9.31. The molecule has 4 nitrogen and oxygen atoms in total. The van der Waals surface area contributed by atoms with Crippen LogP contribution >= 0.6 is 0 Å². The van der Waals surface area contributed by atoms with Gasteiger partial charge >= 0.3 is 0 Å². The lowest BCUT2D eigenvalue weighted by molar-refractivity contribution is -0.125. The summed E-state index contributed by atoms with van der Waals surface area (Å²) in [5, 5.41) is 0. The Labute approximate surface area is 151 Å². The van der Waals surface area contributed by atoms with Gasteiger partial charge in [-0.05, 0) is 62.5 Å². The van der Waals surface area contributed by atoms with E-state index < -0.39 is 21.0 Å². The van der Waals surface area contributed by atoms with Crippen molar-refractivity contribution in [3.8, 4) is 0 Å². The van der Waals surface area contributed by atoms with Gasteiger partial charge in [0.15, 0.2) is 5.78 Å². The molecule has 3 aliphatic rings. The fraction of sp³-hybridized carbons (Fsp3) is 0.650. The van der Waals surface area contributed by atoms with Crippen LogP contribution in [-0.2, 0) is 14.8 Å². The number of ketones is 1. The van der Waals surface area contributed by atoms with E-state index in [9.17, 15) is 13.2 Å². The topological polar surface area (TPSA) is 63.2 Å². The number of carbonyl (C=O) groups is 1. The molecule has 0 aromatic heterocycles. The molecule has 0 heterocycles. The average Bonchev–Trinajstić information content (AvgIpc) is 3.03. The molecule has 2 atom stereocenters. The first-order valence-corrected chi connectivity index (χ1v) is 10.7. The average molecular weight is 364 g/mol. The molecule has 5 heteroatoms. The molecule has 1 N–H and O–H groups in total. The first kappa shape index (κ1) is 18.6. The van der Waals surface area contributed by atoms with Gasteiger partial charge in [0.2, 0.25) is 10.0 Å². The third kappa shape index (κ3) is 3.06. The molecule has 0 spiro atoms. The summed E-state index contributed by atoms with van der Waals surface area (Å²) in [5.41, 5.74) is 0.273. The monoisotopic (exact) mass is 363 g/mol. The highest BCUT2D eigenvalue weighted by Crippen LogP contribution is 2.66. The summed E-state index contributed by atoms with van der Waals surface area (Å²) < 4.78 is 28.3. The highest BCUT2D eigenvalue weighted by atomic mass is 32.2. The lowest BCUT2D eigenvalue weighted by Crippen LogP contribution is -2.49. The molecule has 138 valence electrons. The minimum atomic E-state index is -3.55. The van der Waals surface area contributed by atoms with Crippen LogP contribution < -0.4 is 4.72 Å². The minimum absolute atomic E-state index is 0.0424. The van der Waals surface area contributed by atoms with Gasteiger partial charge in [-0.25, -0.2) is 13.1 Å². The van der Waals surface area contributed by atoms with Gasteiger partial charge in [0.05, 0.1) is 11.2 Å². The van der Waals surface area contributed by atoms with E-state index in [0.29, 0.717) is 6.42 Å². The zero-order valence-corrected chi connectivity index (χ0v) is 16.7. The summed E-state index contributed by atoms with van der Waals surface area (Å²) in [4.78, 5) is 13.3. The van der Waals surface area contributed by atoms with Crippen LogP contribution in [0.15, 0.2) is 35.5 Å². The summed E-state index contributed by atoms with van der Waals surface area (Å²) >= 11 is 0. The van der Waals surface area contributed by atoms with Crippen LogP contribution in [0.1, 0.15) is 53.9 Å². The van der Waals surface area contributed by atoms with Gasteiger partial charge in [0.25, 0.3) is 0 Å². The number of allylic oxidation sites excluding steroid dienone is 6. The van der Waals surface area contributed by atoms with Crippen molar-refractivity contribution < 1.29 is 13.2 Å². The van der Waals surface area contributed by atoms with Crippen molar-refractivity contribution in [2.75, 3.05) is 5.75 Å². The minimum Gasteiger partial charge on any atom is -0.294 e. The number of sulfonamides is 1. The van der Waals surface area contributed by atoms with Gasteiger partial charge in [-0.3, -0.25) is 4.79 Å². The van der Waals surface area contributed by atoms with Gasteiger partial charge in [-0.15, -0.1) is 0 Å². The molecule has 3 aliphatic carbocycles. The van der Waals surface area contributed by atoms with Crippen molar-refractivity contribution in [1.29, 1.82) is 0 Å². The number of hydrogen-bond acceptors (Lipinski definition) is 3. The summed E-state index contributed by atoms with van der Waals surface area (Å²) in [7, 11) is -3.55. The predicted molar refractivity (Wildman–Crippen MR) is 101 cm³/mol. The molecule has 0 radical (unpaired) electrons. The quantitative estimate of drug-likeness (QED) is 0.777. The molecule has 25 heavy (non-hydrogen) atoms. The molecular formula is C20H29NO3S. The zero-order valence-electron chi connectivity index (χ0n) is 15.8. The third-order valence-electron chi connectivity index (χ3n) is 6.08. The van der Waals surface area contributed by atoms with Crippen LogP contribution in [0.3, 0.4) is 0 Å². The number of carbonyl (C=O) groups excluding carboxylic acids is 1. The van der Waals surface area contributed by atoms with Crippen LogP contribution in [0.25, 0.3) is 0 Å². The second-order valence-corrected chi connectivity index (χ2v) is 11.0. The van der Waals surface area contributed by atoms with E-state index in [-0.39, 0.29) is 22.9 Å². The van der Waals surface area contributed by atoms with Crippen molar-refractivity contribution in [2.24, 2.45) is 16.7 Å². The van der Waals surface area contributed by atoms with Gasteiger partial charge in [0.1, 0.15) is 0 Å². The van der Waals surface area contributed by atoms with Crippen LogP contribution in [-0.4, -0.2) is 25.5 Å². The number of hydrogen-bond donors (Lipinski definition) is 1. The Hall–Kier alpha value is -1.20. The number of fused-ring (bicyclic) bond motifs is 2. The molecule has 0 saturated heterocycles. The fourth-order valence-electron chi connectivity index (χ4n) is 4.88. The van der Waals surface area contributed by atoms with Crippen molar-refractivity contribution in [3.05, 3.63) is 35.5 Å². The first-order valence-electron chi connectivity index (χ1n) is 9.02. The van der Waals surface area contributed by atoms with Gasteiger partial charge in [0, 0.05) is 5.54 Å². The summed E-state index contributed by atoms with van der Waals surface area (Å²) in [6.45, 7) is 9.61. The number of rotatable bonds is 4.